The van der Waals surface area contributed by atoms with Gasteiger partial charge >= 0.3 is 0 Å². The van der Waals surface area contributed by atoms with Gasteiger partial charge in [0.25, 0.3) is 0 Å². The van der Waals surface area contributed by atoms with Gasteiger partial charge in [0, 0.05) is 11.3 Å². The molecule has 0 aromatic heterocycles. The lowest BCUT2D eigenvalue weighted by molar-refractivity contribution is 0.263. The van der Waals surface area contributed by atoms with E-state index < -0.39 is 0 Å². The largest absolute Gasteiger partial charge is 0.327 e. The molecule has 0 heterocycles. The van der Waals surface area contributed by atoms with Crippen molar-refractivity contribution in [3.63, 3.8) is 0 Å². The Morgan fingerprint density at radius 3 is 2.40 bits per heavy atom. The summed E-state index contributed by atoms with van der Waals surface area (Å²) < 4.78 is 0. The van der Waals surface area contributed by atoms with Gasteiger partial charge in [0.05, 0.1) is 0 Å². The van der Waals surface area contributed by atoms with Crippen LogP contribution in [0.4, 0.5) is 0 Å². The van der Waals surface area contributed by atoms with Gasteiger partial charge in [-0.1, -0.05) is 13.8 Å². The number of hydrogen-bond donors (Lipinski definition) is 2. The molecule has 0 saturated heterocycles. The molecular weight excluding hydrogens is 142 g/mol. The number of hydrogen-bond acceptors (Lipinski definition) is 2. The van der Waals surface area contributed by atoms with Crippen molar-refractivity contribution >= 4 is 12.6 Å². The predicted octanol–water partition coefficient (Wildman–Crippen LogP) is 1.68. The molecule has 0 aromatic carbocycles. The molecule has 1 fully saturated rings. The van der Waals surface area contributed by atoms with Gasteiger partial charge in [-0.05, 0) is 24.7 Å². The van der Waals surface area contributed by atoms with Crippen LogP contribution in [0.3, 0.4) is 0 Å². The molecule has 1 saturated carbocycles. The number of rotatable bonds is 0. The van der Waals surface area contributed by atoms with E-state index in [0.717, 1.165) is 12.3 Å². The van der Waals surface area contributed by atoms with Crippen LogP contribution in [-0.4, -0.2) is 11.3 Å². The number of thiol groups is 1. The van der Waals surface area contributed by atoms with Crippen LogP contribution >= 0.6 is 12.6 Å². The normalized spacial score (nSPS) is 49.2. The lowest BCUT2D eigenvalue weighted by atomic mass is 9.79. The van der Waals surface area contributed by atoms with Crippen molar-refractivity contribution in [1.29, 1.82) is 0 Å². The molecule has 0 aromatic rings. The minimum atomic E-state index is 0.328. The van der Waals surface area contributed by atoms with Crippen molar-refractivity contribution in [1.82, 2.24) is 0 Å². The monoisotopic (exact) mass is 159 g/mol. The fourth-order valence-electron chi connectivity index (χ4n) is 1.62. The third kappa shape index (κ3) is 1.48. The zero-order chi connectivity index (χ0) is 7.72. The summed E-state index contributed by atoms with van der Waals surface area (Å²) in [5, 5.41) is 0.420. The molecule has 0 aliphatic heterocycles. The summed E-state index contributed by atoms with van der Waals surface area (Å²) in [6.45, 7) is 4.54. The Bertz CT molecular complexity index is 102. The molecule has 1 aliphatic carbocycles. The van der Waals surface area contributed by atoms with E-state index >= 15 is 0 Å². The molecule has 1 nitrogen and oxygen atoms in total. The van der Waals surface area contributed by atoms with Crippen LogP contribution in [0.2, 0.25) is 0 Å². The molecule has 0 spiro atoms. The van der Waals surface area contributed by atoms with Crippen molar-refractivity contribution < 1.29 is 0 Å². The quantitative estimate of drug-likeness (QED) is 0.517. The third-order valence-electron chi connectivity index (χ3n) is 2.83. The zero-order valence-corrected chi connectivity index (χ0v) is 7.64. The summed E-state index contributed by atoms with van der Waals surface area (Å²) in [6, 6.07) is 0.328. The van der Waals surface area contributed by atoms with Crippen LogP contribution in [0.25, 0.3) is 0 Å². The third-order valence-corrected chi connectivity index (χ3v) is 3.68. The van der Waals surface area contributed by atoms with Crippen LogP contribution in [0.15, 0.2) is 0 Å². The van der Waals surface area contributed by atoms with Crippen LogP contribution in [-0.2, 0) is 0 Å². The van der Waals surface area contributed by atoms with E-state index in [0.29, 0.717) is 17.2 Å². The number of nitrogens with two attached hydrogens (primary N) is 1. The van der Waals surface area contributed by atoms with E-state index in [1.165, 1.54) is 6.42 Å². The lowest BCUT2D eigenvalue weighted by Gasteiger charge is -2.35. The molecule has 0 bridgehead atoms. The van der Waals surface area contributed by atoms with E-state index in [4.69, 9.17) is 5.73 Å². The van der Waals surface area contributed by atoms with E-state index in [2.05, 4.69) is 26.5 Å². The molecule has 0 radical (unpaired) electrons. The van der Waals surface area contributed by atoms with E-state index in [-0.39, 0.29) is 0 Å². The van der Waals surface area contributed by atoms with Gasteiger partial charge in [0.15, 0.2) is 0 Å². The first-order valence-electron chi connectivity index (χ1n) is 4.06. The van der Waals surface area contributed by atoms with E-state index in [1.54, 1.807) is 0 Å². The summed E-state index contributed by atoms with van der Waals surface area (Å²) >= 11 is 4.49. The molecular formula is C8H17NS. The highest BCUT2D eigenvalue weighted by Gasteiger charge is 2.29. The highest BCUT2D eigenvalue weighted by atomic mass is 32.1. The standard InChI is InChI=1S/C8H17NS/c1-5-3-4-7(9)8(10)6(5)2/h5-8,10H,3-4,9H2,1-2H3. The molecule has 60 valence electrons. The van der Waals surface area contributed by atoms with Crippen molar-refractivity contribution in [2.45, 2.75) is 38.0 Å². The van der Waals surface area contributed by atoms with Gasteiger partial charge in [-0.2, -0.15) is 12.6 Å². The molecule has 0 amide bonds. The fraction of sp³-hybridized carbons (Fsp3) is 1.00. The Kier molecular flexibility index (Phi) is 2.64. The Labute approximate surface area is 68.8 Å². The smallest absolute Gasteiger partial charge is 0.0196 e. The maximum absolute atomic E-state index is 5.85. The summed E-state index contributed by atoms with van der Waals surface area (Å²) in [6.07, 6.45) is 2.43. The van der Waals surface area contributed by atoms with Crippen molar-refractivity contribution in [3.05, 3.63) is 0 Å². The summed E-state index contributed by atoms with van der Waals surface area (Å²) in [4.78, 5) is 0. The predicted molar refractivity (Wildman–Crippen MR) is 48.3 cm³/mol. The topological polar surface area (TPSA) is 26.0 Å². The molecule has 2 N–H and O–H groups in total. The van der Waals surface area contributed by atoms with E-state index in [9.17, 15) is 0 Å². The van der Waals surface area contributed by atoms with Gasteiger partial charge < -0.3 is 5.73 Å². The van der Waals surface area contributed by atoms with Crippen molar-refractivity contribution in [3.8, 4) is 0 Å². The average Bonchev–Trinajstić information content (AvgIpc) is 1.93. The molecule has 10 heavy (non-hydrogen) atoms. The van der Waals surface area contributed by atoms with Gasteiger partial charge in [0.2, 0.25) is 0 Å². The van der Waals surface area contributed by atoms with Crippen molar-refractivity contribution in [2.24, 2.45) is 17.6 Å². The molecule has 1 rings (SSSR count). The highest BCUT2D eigenvalue weighted by Crippen LogP contribution is 2.31. The highest BCUT2D eigenvalue weighted by molar-refractivity contribution is 7.81. The first kappa shape index (κ1) is 8.41. The van der Waals surface area contributed by atoms with Crippen LogP contribution in [0.5, 0.6) is 0 Å². The Balaban J connectivity index is 2.52. The van der Waals surface area contributed by atoms with Gasteiger partial charge in [-0.15, -0.1) is 0 Å². The Morgan fingerprint density at radius 2 is 1.90 bits per heavy atom. The van der Waals surface area contributed by atoms with E-state index in [1.807, 2.05) is 0 Å². The molecule has 4 atom stereocenters. The van der Waals surface area contributed by atoms with Gasteiger partial charge in [-0.3, -0.25) is 0 Å². The summed E-state index contributed by atoms with van der Waals surface area (Å²) in [5.74, 6) is 1.49. The average molecular weight is 159 g/mol. The zero-order valence-electron chi connectivity index (χ0n) is 6.75. The maximum Gasteiger partial charge on any atom is 0.0196 e. The minimum absolute atomic E-state index is 0.328. The summed E-state index contributed by atoms with van der Waals surface area (Å²) in [7, 11) is 0. The Hall–Kier alpha value is 0.310. The van der Waals surface area contributed by atoms with Crippen LogP contribution in [0.1, 0.15) is 26.7 Å². The molecule has 1 aliphatic rings. The maximum atomic E-state index is 5.85. The first-order valence-corrected chi connectivity index (χ1v) is 4.58. The second-order valence-corrected chi connectivity index (χ2v) is 4.16. The van der Waals surface area contributed by atoms with Crippen LogP contribution < -0.4 is 5.73 Å². The van der Waals surface area contributed by atoms with Crippen molar-refractivity contribution in [2.75, 3.05) is 0 Å². The lowest BCUT2D eigenvalue weighted by Crippen LogP contribution is -2.42. The second kappa shape index (κ2) is 3.14. The SMILES string of the molecule is CC1CCC(N)C(S)C1C. The summed E-state index contributed by atoms with van der Waals surface area (Å²) in [5.41, 5.74) is 5.85. The fourth-order valence-corrected chi connectivity index (χ4v) is 2.06. The molecule has 2 heteroatoms. The van der Waals surface area contributed by atoms with Gasteiger partial charge in [0.1, 0.15) is 0 Å². The Morgan fingerprint density at radius 1 is 1.30 bits per heavy atom. The first-order chi connectivity index (χ1) is 4.63. The van der Waals surface area contributed by atoms with Gasteiger partial charge in [-0.25, -0.2) is 0 Å². The second-order valence-electron chi connectivity index (χ2n) is 3.57. The van der Waals surface area contributed by atoms with Crippen LogP contribution in [0, 0.1) is 11.8 Å². The minimum Gasteiger partial charge on any atom is -0.327 e. The molecule has 4 unspecified atom stereocenters.